The van der Waals surface area contributed by atoms with E-state index in [1.54, 1.807) is 35.2 Å². The largest absolute Gasteiger partial charge is 0.352 e. The Morgan fingerprint density at radius 2 is 1.61 bits per heavy atom. The molecule has 0 N–H and O–H groups in total. The molecule has 31 heavy (non-hydrogen) atoms. The Hall–Kier alpha value is -3.59. The minimum atomic E-state index is -0.759. The van der Waals surface area contributed by atoms with E-state index in [0.717, 1.165) is 9.25 Å². The third-order valence-electron chi connectivity index (χ3n) is 5.31. The van der Waals surface area contributed by atoms with Crippen LogP contribution in [0.3, 0.4) is 0 Å². The van der Waals surface area contributed by atoms with Gasteiger partial charge in [-0.05, 0) is 36.9 Å². The van der Waals surface area contributed by atoms with Crippen LogP contribution < -0.4 is 11.2 Å². The minimum Gasteiger partial charge on any atom is -0.335 e. The van der Waals surface area contributed by atoms with Crippen LogP contribution in [0.4, 0.5) is 4.39 Å². The van der Waals surface area contributed by atoms with Crippen molar-refractivity contribution in [2.45, 2.75) is 6.54 Å². The van der Waals surface area contributed by atoms with Crippen LogP contribution in [0, 0.1) is 5.82 Å². The maximum Gasteiger partial charge on any atom is 0.352 e. The number of halogens is 1. The zero-order chi connectivity index (χ0) is 22.0. The van der Waals surface area contributed by atoms with Crippen LogP contribution in [-0.4, -0.2) is 63.3 Å². The van der Waals surface area contributed by atoms with Gasteiger partial charge in [-0.2, -0.15) is 9.78 Å². The topological polar surface area (TPSA) is 80.4 Å². The lowest BCUT2D eigenvalue weighted by Gasteiger charge is -2.32. The summed E-state index contributed by atoms with van der Waals surface area (Å²) in [4.78, 5) is 43.1. The summed E-state index contributed by atoms with van der Waals surface area (Å²) in [5.41, 5.74) is -0.742. The third kappa shape index (κ3) is 4.31. The molecule has 0 aliphatic carbocycles. The number of para-hydroxylation sites is 1. The summed E-state index contributed by atoms with van der Waals surface area (Å²) < 4.78 is 15.3. The van der Waals surface area contributed by atoms with Gasteiger partial charge in [-0.25, -0.2) is 9.18 Å². The number of amides is 1. The van der Waals surface area contributed by atoms with Crippen LogP contribution in [0.2, 0.25) is 0 Å². The highest BCUT2D eigenvalue weighted by atomic mass is 19.1. The number of aromatic nitrogens is 3. The number of hydrogen-bond acceptors (Lipinski definition) is 5. The van der Waals surface area contributed by atoms with Crippen molar-refractivity contribution in [3.05, 3.63) is 92.5 Å². The molecule has 1 aliphatic heterocycles. The molecule has 4 rings (SSSR count). The second-order valence-electron chi connectivity index (χ2n) is 7.49. The lowest BCUT2D eigenvalue weighted by Crippen LogP contribution is -2.51. The van der Waals surface area contributed by atoms with Gasteiger partial charge in [0.25, 0.3) is 11.5 Å². The molecule has 8 nitrogen and oxygen atoms in total. The Bertz CT molecular complexity index is 1200. The van der Waals surface area contributed by atoms with Gasteiger partial charge in [0.05, 0.1) is 12.2 Å². The molecule has 1 fully saturated rings. The molecule has 1 aromatic heterocycles. The van der Waals surface area contributed by atoms with Crippen molar-refractivity contribution in [3.8, 4) is 5.69 Å². The summed E-state index contributed by atoms with van der Waals surface area (Å²) in [5, 5.41) is 4.16. The maximum absolute atomic E-state index is 13.3. The number of rotatable bonds is 4. The van der Waals surface area contributed by atoms with E-state index in [9.17, 15) is 18.8 Å². The molecule has 0 atom stereocenters. The smallest absolute Gasteiger partial charge is 0.335 e. The lowest BCUT2D eigenvalue weighted by atomic mass is 10.2. The van der Waals surface area contributed by atoms with Crippen molar-refractivity contribution in [2.24, 2.45) is 0 Å². The highest BCUT2D eigenvalue weighted by Gasteiger charge is 2.27. The van der Waals surface area contributed by atoms with Crippen molar-refractivity contribution in [2.75, 3.05) is 33.2 Å². The average Bonchev–Trinajstić information content (AvgIpc) is 2.79. The summed E-state index contributed by atoms with van der Waals surface area (Å²) in [5.74, 6) is -0.922. The predicted molar refractivity (Wildman–Crippen MR) is 113 cm³/mol. The Morgan fingerprint density at radius 3 is 2.26 bits per heavy atom. The highest BCUT2D eigenvalue weighted by Crippen LogP contribution is 2.07. The first-order valence-corrected chi connectivity index (χ1v) is 9.96. The van der Waals surface area contributed by atoms with Crippen LogP contribution in [0.5, 0.6) is 0 Å². The van der Waals surface area contributed by atoms with Crippen molar-refractivity contribution in [1.29, 1.82) is 0 Å². The number of benzene rings is 2. The van der Waals surface area contributed by atoms with E-state index < -0.39 is 23.0 Å². The van der Waals surface area contributed by atoms with Gasteiger partial charge in [-0.15, -0.1) is 0 Å². The molecule has 3 aromatic rings. The molecule has 2 aromatic carbocycles. The number of carbonyl (C=O) groups excluding carboxylic acids is 1. The Kier molecular flexibility index (Phi) is 5.77. The van der Waals surface area contributed by atoms with Gasteiger partial charge in [0.15, 0.2) is 0 Å². The molecular weight excluding hydrogens is 401 g/mol. The number of piperazine rings is 1. The highest BCUT2D eigenvalue weighted by molar-refractivity contribution is 5.92. The van der Waals surface area contributed by atoms with Gasteiger partial charge in [-0.3, -0.25) is 14.2 Å². The molecule has 0 radical (unpaired) electrons. The van der Waals surface area contributed by atoms with Crippen molar-refractivity contribution in [3.63, 3.8) is 0 Å². The van der Waals surface area contributed by atoms with Gasteiger partial charge < -0.3 is 9.80 Å². The van der Waals surface area contributed by atoms with Crippen LogP contribution in [-0.2, 0) is 6.54 Å². The summed E-state index contributed by atoms with van der Waals surface area (Å²) in [7, 11) is 1.96. The molecule has 1 aliphatic rings. The Labute approximate surface area is 177 Å². The van der Waals surface area contributed by atoms with Crippen LogP contribution in [0.25, 0.3) is 5.69 Å². The zero-order valence-electron chi connectivity index (χ0n) is 17.1. The van der Waals surface area contributed by atoms with Crippen molar-refractivity contribution >= 4 is 5.91 Å². The summed E-state index contributed by atoms with van der Waals surface area (Å²) in [6, 6.07) is 14.1. The predicted octanol–water partition coefficient (Wildman–Crippen LogP) is 0.969. The second kappa shape index (κ2) is 8.65. The number of hydrogen-bond donors (Lipinski definition) is 0. The van der Waals surface area contributed by atoms with E-state index >= 15 is 0 Å². The van der Waals surface area contributed by atoms with Gasteiger partial charge in [0.1, 0.15) is 5.82 Å². The normalized spacial score (nSPS) is 14.6. The van der Waals surface area contributed by atoms with E-state index in [1.807, 2.05) is 7.05 Å². The van der Waals surface area contributed by atoms with E-state index in [1.165, 1.54) is 24.3 Å². The monoisotopic (exact) mass is 423 g/mol. The van der Waals surface area contributed by atoms with Gasteiger partial charge in [-0.1, -0.05) is 30.3 Å². The number of carbonyl (C=O) groups is 1. The van der Waals surface area contributed by atoms with Crippen molar-refractivity contribution < 1.29 is 9.18 Å². The van der Waals surface area contributed by atoms with Gasteiger partial charge >= 0.3 is 5.69 Å². The quantitative estimate of drug-likeness (QED) is 0.625. The molecule has 2 heterocycles. The minimum absolute atomic E-state index is 0.101. The van der Waals surface area contributed by atoms with Gasteiger partial charge in [0.2, 0.25) is 5.69 Å². The fourth-order valence-electron chi connectivity index (χ4n) is 3.46. The SMILES string of the molecule is CN1CCN(C(=O)c2nn(-c3ccccc3)c(=O)n(Cc3ccc(F)cc3)c2=O)CC1. The molecule has 0 unspecified atom stereocenters. The summed E-state index contributed by atoms with van der Waals surface area (Å²) in [6.45, 7) is 2.22. The van der Waals surface area contributed by atoms with Crippen LogP contribution in [0.1, 0.15) is 16.1 Å². The summed E-state index contributed by atoms with van der Waals surface area (Å²) in [6.07, 6.45) is 0. The zero-order valence-corrected chi connectivity index (χ0v) is 17.1. The molecular formula is C22H22FN5O3. The first kappa shape index (κ1) is 20.7. The van der Waals surface area contributed by atoms with E-state index in [2.05, 4.69) is 10.00 Å². The van der Waals surface area contributed by atoms with Crippen molar-refractivity contribution in [1.82, 2.24) is 24.1 Å². The Balaban J connectivity index is 1.82. The molecule has 160 valence electrons. The molecule has 1 amide bonds. The first-order chi connectivity index (χ1) is 14.9. The van der Waals surface area contributed by atoms with E-state index in [0.29, 0.717) is 37.4 Å². The average molecular weight is 423 g/mol. The molecule has 0 saturated carbocycles. The second-order valence-corrected chi connectivity index (χ2v) is 7.49. The Morgan fingerprint density at radius 1 is 0.968 bits per heavy atom. The molecule has 9 heteroatoms. The van der Waals surface area contributed by atoms with Gasteiger partial charge in [0, 0.05) is 26.2 Å². The third-order valence-corrected chi connectivity index (χ3v) is 5.31. The molecule has 0 spiro atoms. The number of likely N-dealkylation sites (N-methyl/N-ethyl adjacent to an activating group) is 1. The molecule has 0 bridgehead atoms. The summed E-state index contributed by atoms with van der Waals surface area (Å²) >= 11 is 0. The maximum atomic E-state index is 13.3. The fraction of sp³-hybridized carbons (Fsp3) is 0.273. The van der Waals surface area contributed by atoms with E-state index in [-0.39, 0.29) is 12.2 Å². The van der Waals surface area contributed by atoms with Crippen LogP contribution >= 0.6 is 0 Å². The lowest BCUT2D eigenvalue weighted by molar-refractivity contribution is 0.0652. The molecule has 1 saturated heterocycles. The first-order valence-electron chi connectivity index (χ1n) is 9.96. The standard InChI is InChI=1S/C22H22FN5O3/c1-25-11-13-26(14-12-25)20(29)19-21(30)27(15-16-7-9-17(23)10-8-16)22(31)28(24-19)18-5-3-2-4-6-18/h2-10H,11-15H2,1H3. The van der Waals surface area contributed by atoms with E-state index in [4.69, 9.17) is 0 Å². The van der Waals surface area contributed by atoms with Crippen LogP contribution in [0.15, 0.2) is 64.2 Å². The number of nitrogens with zero attached hydrogens (tertiary/aromatic N) is 5. The fourth-order valence-corrected chi connectivity index (χ4v) is 3.46.